The highest BCUT2D eigenvalue weighted by Gasteiger charge is 2.35. The van der Waals surface area contributed by atoms with Crippen molar-refractivity contribution in [2.45, 2.75) is 58.7 Å². The van der Waals surface area contributed by atoms with Crippen LogP contribution in [0.3, 0.4) is 0 Å². The molecule has 0 radical (unpaired) electrons. The van der Waals surface area contributed by atoms with Gasteiger partial charge in [-0.3, -0.25) is 14.7 Å². The Hall–Kier alpha value is -3.56. The number of benzene rings is 2. The average Bonchev–Trinajstić information content (AvgIpc) is 3.55. The quantitative estimate of drug-likeness (QED) is 0.364. The van der Waals surface area contributed by atoms with Gasteiger partial charge in [-0.1, -0.05) is 30.3 Å². The molecule has 232 valence electrons. The van der Waals surface area contributed by atoms with Crippen LogP contribution < -0.4 is 15.0 Å². The Labute approximate surface area is 261 Å². The topological polar surface area (TPSA) is 93.8 Å². The number of piperidine rings is 1. The molecular formula is C33H45ClN6O3. The van der Waals surface area contributed by atoms with E-state index in [0.717, 1.165) is 54.9 Å². The lowest BCUT2D eigenvalue weighted by atomic mass is 9.95. The molecule has 3 aromatic rings. The van der Waals surface area contributed by atoms with Crippen LogP contribution in [0.25, 0.3) is 11.1 Å². The number of carbonyl (C=O) groups excluding carboxylic acids is 2. The Morgan fingerprint density at radius 3 is 2.49 bits per heavy atom. The standard InChI is InChI=1S/C33H44N6O3.ClH/c1-24(2)39(22-25-10-12-26(13-11-25)28-20-35-36-21-28)31(40)27-7-6-16-38(23-27)29-8-5-9-30(19-29)42-33(3,4)32(41)37-17-14-34-15-18-37;/h5,8-13,19-21,24,27,34H,6-7,14-18,22-23H2,1-4H3,(H,35,36);1H/t27-;/m1./s1. The number of aromatic amines is 1. The molecule has 5 rings (SSSR count). The normalized spacial score (nSPS) is 17.4. The second-order valence-corrected chi connectivity index (χ2v) is 12.2. The zero-order chi connectivity index (χ0) is 29.7. The van der Waals surface area contributed by atoms with Crippen LogP contribution in [0.1, 0.15) is 46.1 Å². The number of carbonyl (C=O) groups is 2. The van der Waals surface area contributed by atoms with E-state index < -0.39 is 5.60 Å². The summed E-state index contributed by atoms with van der Waals surface area (Å²) < 4.78 is 6.27. The molecule has 2 saturated heterocycles. The number of piperazine rings is 1. The van der Waals surface area contributed by atoms with Crippen LogP contribution in [-0.4, -0.2) is 82.7 Å². The van der Waals surface area contributed by atoms with Crippen LogP contribution in [0.5, 0.6) is 5.75 Å². The third-order valence-electron chi connectivity index (χ3n) is 8.29. The number of rotatable bonds is 9. The molecule has 0 bridgehead atoms. The van der Waals surface area contributed by atoms with Gasteiger partial charge in [-0.15, -0.1) is 12.4 Å². The molecule has 43 heavy (non-hydrogen) atoms. The second kappa shape index (κ2) is 14.3. The first kappa shape index (κ1) is 32.4. The highest BCUT2D eigenvalue weighted by molar-refractivity contribution is 5.85. The highest BCUT2D eigenvalue weighted by Crippen LogP contribution is 2.30. The summed E-state index contributed by atoms with van der Waals surface area (Å²) in [4.78, 5) is 33.2. The third kappa shape index (κ3) is 7.89. The molecule has 0 spiro atoms. The number of hydrogen-bond donors (Lipinski definition) is 2. The Morgan fingerprint density at radius 2 is 1.81 bits per heavy atom. The van der Waals surface area contributed by atoms with Crippen molar-refractivity contribution in [1.29, 1.82) is 0 Å². The minimum Gasteiger partial charge on any atom is -0.478 e. The maximum Gasteiger partial charge on any atom is 0.266 e. The largest absolute Gasteiger partial charge is 0.478 e. The van der Waals surface area contributed by atoms with E-state index in [4.69, 9.17) is 4.74 Å². The summed E-state index contributed by atoms with van der Waals surface area (Å²) in [5.74, 6) is 0.783. The lowest BCUT2D eigenvalue weighted by Crippen LogP contribution is -2.54. The molecule has 10 heteroatoms. The molecule has 0 aliphatic carbocycles. The smallest absolute Gasteiger partial charge is 0.266 e. The van der Waals surface area contributed by atoms with E-state index in [-0.39, 0.29) is 36.2 Å². The maximum atomic E-state index is 13.9. The fourth-order valence-corrected chi connectivity index (χ4v) is 5.90. The Balaban J connectivity index is 0.00000423. The fourth-order valence-electron chi connectivity index (χ4n) is 5.90. The number of hydrogen-bond acceptors (Lipinski definition) is 6. The van der Waals surface area contributed by atoms with E-state index in [9.17, 15) is 9.59 Å². The van der Waals surface area contributed by atoms with Gasteiger partial charge in [0.05, 0.1) is 12.1 Å². The van der Waals surface area contributed by atoms with Crippen molar-refractivity contribution in [3.63, 3.8) is 0 Å². The maximum absolute atomic E-state index is 13.9. The molecule has 2 aliphatic heterocycles. The minimum atomic E-state index is -0.967. The van der Waals surface area contributed by atoms with Gasteiger partial charge in [0.2, 0.25) is 5.91 Å². The Kier molecular flexibility index (Phi) is 10.7. The van der Waals surface area contributed by atoms with E-state index in [2.05, 4.69) is 64.6 Å². The van der Waals surface area contributed by atoms with Crippen LogP contribution in [0.15, 0.2) is 60.9 Å². The van der Waals surface area contributed by atoms with Crippen LogP contribution in [0.4, 0.5) is 5.69 Å². The number of amides is 2. The first-order valence-corrected chi connectivity index (χ1v) is 15.1. The highest BCUT2D eigenvalue weighted by atomic mass is 35.5. The molecule has 2 aliphatic rings. The first-order chi connectivity index (χ1) is 20.2. The van der Waals surface area contributed by atoms with Gasteiger partial charge in [-0.25, -0.2) is 0 Å². The monoisotopic (exact) mass is 608 g/mol. The molecule has 0 saturated carbocycles. The predicted molar refractivity (Wildman–Crippen MR) is 172 cm³/mol. The summed E-state index contributed by atoms with van der Waals surface area (Å²) in [6.45, 7) is 13.0. The van der Waals surface area contributed by atoms with Gasteiger partial charge in [0.15, 0.2) is 5.60 Å². The summed E-state index contributed by atoms with van der Waals surface area (Å²) >= 11 is 0. The summed E-state index contributed by atoms with van der Waals surface area (Å²) in [5, 5.41) is 10.2. The van der Waals surface area contributed by atoms with Crippen LogP contribution in [-0.2, 0) is 16.1 Å². The molecule has 2 amide bonds. The summed E-state index contributed by atoms with van der Waals surface area (Å²) in [6, 6.07) is 16.4. The second-order valence-electron chi connectivity index (χ2n) is 12.2. The van der Waals surface area contributed by atoms with E-state index in [1.54, 1.807) is 0 Å². The molecule has 1 aromatic heterocycles. The van der Waals surface area contributed by atoms with Gasteiger partial charge >= 0.3 is 0 Å². The van der Waals surface area contributed by atoms with Crippen LogP contribution >= 0.6 is 12.4 Å². The average molecular weight is 609 g/mol. The molecule has 2 aromatic carbocycles. The van der Waals surface area contributed by atoms with Gasteiger partial charge in [0.25, 0.3) is 5.91 Å². The Morgan fingerprint density at radius 1 is 1.07 bits per heavy atom. The zero-order valence-electron chi connectivity index (χ0n) is 25.7. The van der Waals surface area contributed by atoms with Crippen molar-refractivity contribution in [2.75, 3.05) is 44.2 Å². The minimum absolute atomic E-state index is 0. The predicted octanol–water partition coefficient (Wildman–Crippen LogP) is 4.74. The lowest BCUT2D eigenvalue weighted by Gasteiger charge is -2.38. The first-order valence-electron chi connectivity index (χ1n) is 15.1. The van der Waals surface area contributed by atoms with Crippen LogP contribution in [0, 0.1) is 5.92 Å². The number of ether oxygens (including phenoxy) is 1. The molecule has 0 unspecified atom stereocenters. The molecular weight excluding hydrogens is 564 g/mol. The van der Waals surface area contributed by atoms with Crippen molar-refractivity contribution in [2.24, 2.45) is 5.92 Å². The third-order valence-corrected chi connectivity index (χ3v) is 8.29. The number of nitrogens with zero attached hydrogens (tertiary/aromatic N) is 4. The molecule has 2 fully saturated rings. The van der Waals surface area contributed by atoms with E-state index in [1.807, 2.05) is 54.2 Å². The Bertz CT molecular complexity index is 1340. The van der Waals surface area contributed by atoms with E-state index >= 15 is 0 Å². The van der Waals surface area contributed by atoms with Gasteiger partial charge in [-0.2, -0.15) is 5.10 Å². The summed E-state index contributed by atoms with van der Waals surface area (Å²) in [7, 11) is 0. The molecule has 1 atom stereocenters. The van der Waals surface area contributed by atoms with Crippen molar-refractivity contribution in [3.8, 4) is 16.9 Å². The van der Waals surface area contributed by atoms with Gasteiger partial charge in [0.1, 0.15) is 5.75 Å². The number of H-pyrrole nitrogens is 1. The zero-order valence-corrected chi connectivity index (χ0v) is 26.5. The van der Waals surface area contributed by atoms with E-state index in [0.29, 0.717) is 31.9 Å². The van der Waals surface area contributed by atoms with Crippen LogP contribution in [0.2, 0.25) is 0 Å². The van der Waals surface area contributed by atoms with Gasteiger partial charge in [0, 0.05) is 75.4 Å². The van der Waals surface area contributed by atoms with Gasteiger partial charge < -0.3 is 24.8 Å². The lowest BCUT2D eigenvalue weighted by molar-refractivity contribution is -0.146. The van der Waals surface area contributed by atoms with Crippen molar-refractivity contribution < 1.29 is 14.3 Å². The van der Waals surface area contributed by atoms with Crippen molar-refractivity contribution in [1.82, 2.24) is 25.3 Å². The number of halogens is 1. The molecule has 9 nitrogen and oxygen atoms in total. The molecule has 3 heterocycles. The summed E-state index contributed by atoms with van der Waals surface area (Å²) in [5.41, 5.74) is 3.30. The number of anilines is 1. The number of aromatic nitrogens is 2. The number of nitrogens with one attached hydrogen (secondary N) is 2. The molecule has 2 N–H and O–H groups in total. The van der Waals surface area contributed by atoms with Crippen molar-refractivity contribution in [3.05, 3.63) is 66.5 Å². The van der Waals surface area contributed by atoms with E-state index in [1.165, 1.54) is 0 Å². The summed E-state index contributed by atoms with van der Waals surface area (Å²) in [6.07, 6.45) is 5.51. The SMILES string of the molecule is CC(C)N(Cc1ccc(-c2cn[nH]c2)cc1)C(=O)[C@@H]1CCCN(c2cccc(OC(C)(C)C(=O)N3CCNCC3)c2)C1.Cl. The fraction of sp³-hybridized carbons (Fsp3) is 0.485. The van der Waals surface area contributed by atoms with Crippen molar-refractivity contribution >= 4 is 29.9 Å². The van der Waals surface area contributed by atoms with Gasteiger partial charge in [-0.05, 0) is 63.8 Å².